The standard InChI is InChI=1S/C22H23FN6O4S2/c1-4-15-12-34-22(26-15)21-28-27-19(29(21)20-16(32-2)6-5-7-17(20)33-3)13-35(30,31)9-8-18-24-10-14(23)11-25-18/h5-7,10-12H,4,8-9,13H2,1-3H3. The van der Waals surface area contributed by atoms with Gasteiger partial charge in [-0.2, -0.15) is 0 Å². The zero-order valence-corrected chi connectivity index (χ0v) is 20.9. The predicted octanol–water partition coefficient (Wildman–Crippen LogP) is 3.06. The van der Waals surface area contributed by atoms with Crippen molar-refractivity contribution in [3.8, 4) is 28.0 Å². The maximum absolute atomic E-state index is 13.1. The number of halogens is 1. The first-order valence-corrected chi connectivity index (χ1v) is 13.3. The lowest BCUT2D eigenvalue weighted by Crippen LogP contribution is -2.16. The topological polar surface area (TPSA) is 122 Å². The number of aryl methyl sites for hydroxylation is 2. The first kappa shape index (κ1) is 24.7. The highest BCUT2D eigenvalue weighted by molar-refractivity contribution is 7.90. The Hall–Kier alpha value is -3.45. The molecule has 35 heavy (non-hydrogen) atoms. The lowest BCUT2D eigenvalue weighted by Gasteiger charge is -2.16. The molecule has 0 aliphatic carbocycles. The van der Waals surface area contributed by atoms with Gasteiger partial charge in [0.25, 0.3) is 0 Å². The Morgan fingerprint density at radius 3 is 2.37 bits per heavy atom. The van der Waals surface area contributed by atoms with Crippen LogP contribution in [-0.2, 0) is 28.4 Å². The molecule has 1 aromatic carbocycles. The van der Waals surface area contributed by atoms with Crippen LogP contribution < -0.4 is 9.47 Å². The van der Waals surface area contributed by atoms with E-state index < -0.39 is 21.4 Å². The summed E-state index contributed by atoms with van der Waals surface area (Å²) in [6.07, 6.45) is 2.79. The summed E-state index contributed by atoms with van der Waals surface area (Å²) in [5.41, 5.74) is 1.36. The molecule has 4 rings (SSSR count). The van der Waals surface area contributed by atoms with Gasteiger partial charge in [0.15, 0.2) is 32.3 Å². The van der Waals surface area contributed by atoms with Crippen LogP contribution in [0.25, 0.3) is 16.5 Å². The molecule has 3 heterocycles. The molecule has 0 aliphatic heterocycles. The van der Waals surface area contributed by atoms with Crippen molar-refractivity contribution in [3.05, 3.63) is 59.1 Å². The van der Waals surface area contributed by atoms with Crippen molar-refractivity contribution >= 4 is 21.2 Å². The molecule has 10 nitrogen and oxygen atoms in total. The van der Waals surface area contributed by atoms with Crippen molar-refractivity contribution in [3.63, 3.8) is 0 Å². The van der Waals surface area contributed by atoms with Crippen LogP contribution in [0.1, 0.15) is 24.3 Å². The normalized spacial score (nSPS) is 11.5. The van der Waals surface area contributed by atoms with Crippen molar-refractivity contribution in [1.82, 2.24) is 29.7 Å². The van der Waals surface area contributed by atoms with E-state index in [1.54, 1.807) is 22.8 Å². The summed E-state index contributed by atoms with van der Waals surface area (Å²) < 4.78 is 51.9. The molecule has 3 aromatic heterocycles. The van der Waals surface area contributed by atoms with E-state index in [9.17, 15) is 12.8 Å². The van der Waals surface area contributed by atoms with Gasteiger partial charge >= 0.3 is 0 Å². The smallest absolute Gasteiger partial charge is 0.197 e. The number of sulfone groups is 1. The number of rotatable bonds is 10. The van der Waals surface area contributed by atoms with Gasteiger partial charge in [-0.1, -0.05) is 13.0 Å². The Labute approximate surface area is 205 Å². The molecule has 0 atom stereocenters. The van der Waals surface area contributed by atoms with Crippen molar-refractivity contribution in [2.45, 2.75) is 25.5 Å². The third kappa shape index (κ3) is 5.46. The Balaban J connectivity index is 1.76. The molecule has 184 valence electrons. The molecular formula is C22H23FN6O4S2. The average Bonchev–Trinajstić information content (AvgIpc) is 3.49. The Kier molecular flexibility index (Phi) is 7.36. The van der Waals surface area contributed by atoms with Gasteiger partial charge in [-0.05, 0) is 18.6 Å². The molecule has 0 amide bonds. The summed E-state index contributed by atoms with van der Waals surface area (Å²) in [5.74, 6) is 0.456. The quantitative estimate of drug-likeness (QED) is 0.312. The zero-order chi connectivity index (χ0) is 25.0. The number of methoxy groups -OCH3 is 2. The van der Waals surface area contributed by atoms with Crippen LogP contribution in [0.2, 0.25) is 0 Å². The second-order valence-corrected chi connectivity index (χ2v) is 10.5. The van der Waals surface area contributed by atoms with Crippen molar-refractivity contribution in [2.24, 2.45) is 0 Å². The van der Waals surface area contributed by atoms with Gasteiger partial charge in [-0.25, -0.2) is 27.8 Å². The number of aromatic nitrogens is 6. The maximum Gasteiger partial charge on any atom is 0.197 e. The number of hydrogen-bond acceptors (Lipinski definition) is 10. The Morgan fingerprint density at radius 2 is 1.77 bits per heavy atom. The number of benzene rings is 1. The molecule has 0 bridgehead atoms. The SMILES string of the molecule is CCc1csc(-c2nnc(CS(=O)(=O)CCc3ncc(F)cn3)n2-c2c(OC)cccc2OC)n1. The summed E-state index contributed by atoms with van der Waals surface area (Å²) in [4.78, 5) is 12.3. The number of para-hydroxylation sites is 1. The van der Waals surface area contributed by atoms with Crippen LogP contribution in [0.5, 0.6) is 11.5 Å². The van der Waals surface area contributed by atoms with Gasteiger partial charge < -0.3 is 9.47 Å². The monoisotopic (exact) mass is 518 g/mol. The van der Waals surface area contributed by atoms with E-state index in [1.165, 1.54) is 25.6 Å². The fraction of sp³-hybridized carbons (Fsp3) is 0.318. The molecule has 4 aromatic rings. The minimum absolute atomic E-state index is 0.0356. The predicted molar refractivity (Wildman–Crippen MR) is 128 cm³/mol. The van der Waals surface area contributed by atoms with E-state index in [2.05, 4.69) is 25.1 Å². The minimum Gasteiger partial charge on any atom is -0.494 e. The fourth-order valence-electron chi connectivity index (χ4n) is 3.39. The lowest BCUT2D eigenvalue weighted by atomic mass is 10.2. The van der Waals surface area contributed by atoms with Crippen LogP contribution in [0.15, 0.2) is 36.0 Å². The summed E-state index contributed by atoms with van der Waals surface area (Å²) in [6, 6.07) is 5.25. The van der Waals surface area contributed by atoms with Crippen molar-refractivity contribution in [2.75, 3.05) is 20.0 Å². The highest BCUT2D eigenvalue weighted by atomic mass is 32.2. The number of hydrogen-bond donors (Lipinski definition) is 0. The van der Waals surface area contributed by atoms with Crippen LogP contribution in [0, 0.1) is 5.82 Å². The summed E-state index contributed by atoms with van der Waals surface area (Å²) in [6.45, 7) is 2.00. The molecule has 13 heteroatoms. The van der Waals surface area contributed by atoms with Crippen LogP contribution >= 0.6 is 11.3 Å². The Bertz CT molecular complexity index is 1400. The van der Waals surface area contributed by atoms with Gasteiger partial charge in [0, 0.05) is 11.8 Å². The highest BCUT2D eigenvalue weighted by Gasteiger charge is 2.27. The zero-order valence-electron chi connectivity index (χ0n) is 19.3. The maximum atomic E-state index is 13.1. The largest absolute Gasteiger partial charge is 0.494 e. The molecular weight excluding hydrogens is 495 g/mol. The molecule has 0 unspecified atom stereocenters. The Morgan fingerprint density at radius 1 is 1.09 bits per heavy atom. The van der Waals surface area contributed by atoms with Gasteiger partial charge in [0.05, 0.1) is 38.1 Å². The van der Waals surface area contributed by atoms with E-state index in [0.717, 1.165) is 24.5 Å². The lowest BCUT2D eigenvalue weighted by molar-refractivity contribution is 0.391. The van der Waals surface area contributed by atoms with E-state index in [1.807, 2.05) is 12.3 Å². The highest BCUT2D eigenvalue weighted by Crippen LogP contribution is 2.37. The summed E-state index contributed by atoms with van der Waals surface area (Å²) in [7, 11) is -0.649. The van der Waals surface area contributed by atoms with Gasteiger partial charge in [0.1, 0.15) is 28.8 Å². The summed E-state index contributed by atoms with van der Waals surface area (Å²) >= 11 is 1.39. The van der Waals surface area contributed by atoms with E-state index in [-0.39, 0.29) is 23.8 Å². The summed E-state index contributed by atoms with van der Waals surface area (Å²) in [5, 5.41) is 11.0. The third-order valence-electron chi connectivity index (χ3n) is 5.12. The molecule has 0 aliphatic rings. The second-order valence-electron chi connectivity index (χ2n) is 7.44. The van der Waals surface area contributed by atoms with Crippen molar-refractivity contribution in [1.29, 1.82) is 0 Å². The average molecular weight is 519 g/mol. The molecule has 0 radical (unpaired) electrons. The minimum atomic E-state index is -3.68. The van der Waals surface area contributed by atoms with Crippen molar-refractivity contribution < 1.29 is 22.3 Å². The first-order chi connectivity index (χ1) is 16.8. The molecule has 0 N–H and O–H groups in total. The fourth-order valence-corrected chi connectivity index (χ4v) is 5.48. The van der Waals surface area contributed by atoms with E-state index in [4.69, 9.17) is 9.47 Å². The van der Waals surface area contributed by atoms with E-state index >= 15 is 0 Å². The second kappa shape index (κ2) is 10.4. The first-order valence-electron chi connectivity index (χ1n) is 10.6. The van der Waals surface area contributed by atoms with Crippen LogP contribution in [-0.4, -0.2) is 58.1 Å². The molecule has 0 saturated carbocycles. The number of ether oxygens (including phenoxy) is 2. The third-order valence-corrected chi connectivity index (χ3v) is 7.53. The van der Waals surface area contributed by atoms with Crippen LogP contribution in [0.4, 0.5) is 4.39 Å². The van der Waals surface area contributed by atoms with Crippen LogP contribution in [0.3, 0.4) is 0 Å². The molecule has 0 spiro atoms. The number of nitrogens with zero attached hydrogens (tertiary/aromatic N) is 6. The van der Waals surface area contributed by atoms with Gasteiger partial charge in [-0.3, -0.25) is 4.57 Å². The number of thiazole rings is 1. The van der Waals surface area contributed by atoms with E-state index in [0.29, 0.717) is 28.0 Å². The molecule has 0 saturated heterocycles. The molecule has 0 fully saturated rings. The van der Waals surface area contributed by atoms with Gasteiger partial charge in [-0.15, -0.1) is 21.5 Å². The van der Waals surface area contributed by atoms with Gasteiger partial charge in [0.2, 0.25) is 0 Å².